The smallest absolute Gasteiger partial charge is 0.246 e. The quantitative estimate of drug-likeness (QED) is 0.710. The van der Waals surface area contributed by atoms with Crippen molar-refractivity contribution in [3.8, 4) is 11.4 Å². The van der Waals surface area contributed by atoms with Gasteiger partial charge in [0.25, 0.3) is 0 Å². The molecule has 1 amide bonds. The summed E-state index contributed by atoms with van der Waals surface area (Å²) in [5, 5.41) is 9.64. The van der Waals surface area contributed by atoms with Gasteiger partial charge >= 0.3 is 0 Å². The van der Waals surface area contributed by atoms with Gasteiger partial charge in [-0.3, -0.25) is 14.8 Å². The first-order valence-electron chi connectivity index (χ1n) is 9.04. The zero-order valence-corrected chi connectivity index (χ0v) is 15.1. The van der Waals surface area contributed by atoms with Gasteiger partial charge in [-0.25, -0.2) is 9.37 Å². The second-order valence-electron chi connectivity index (χ2n) is 6.51. The molecule has 0 radical (unpaired) electrons. The Balaban J connectivity index is 1.58. The molecule has 1 atom stereocenters. The molecule has 144 valence electrons. The molecule has 2 N–H and O–H groups in total. The number of anilines is 1. The number of nitrogens with one attached hydrogen (secondary N) is 2. The van der Waals surface area contributed by atoms with E-state index >= 15 is 0 Å². The van der Waals surface area contributed by atoms with Gasteiger partial charge in [0, 0.05) is 24.3 Å². The minimum absolute atomic E-state index is 0.178. The molecule has 1 aliphatic heterocycles. The van der Waals surface area contributed by atoms with E-state index in [1.807, 2.05) is 29.2 Å². The van der Waals surface area contributed by atoms with Gasteiger partial charge < -0.3 is 10.1 Å². The molecule has 3 aromatic rings. The number of rotatable bonds is 5. The molecule has 1 saturated heterocycles. The van der Waals surface area contributed by atoms with E-state index in [9.17, 15) is 9.18 Å². The number of carbonyl (C=O) groups excluding carboxylic acids is 1. The standard InChI is InChI=1S/C20H20FN5O2/c21-16-6-4-14(5-7-16)18(26-8-10-28-11-9-26)20(27)24-17-3-1-2-15(12-17)19-22-13-23-25-19/h1-7,12-13,18H,8-11H2,(H,24,27)(H,22,23,25)/t18-/m0/s1. The highest BCUT2D eigenvalue weighted by atomic mass is 19.1. The van der Waals surface area contributed by atoms with Gasteiger partial charge in [-0.2, -0.15) is 5.10 Å². The summed E-state index contributed by atoms with van der Waals surface area (Å²) in [7, 11) is 0. The molecule has 2 heterocycles. The van der Waals surface area contributed by atoms with Crippen molar-refractivity contribution in [1.29, 1.82) is 0 Å². The van der Waals surface area contributed by atoms with Crippen LogP contribution in [-0.4, -0.2) is 52.3 Å². The van der Waals surface area contributed by atoms with E-state index in [2.05, 4.69) is 20.5 Å². The number of H-pyrrole nitrogens is 1. The zero-order chi connectivity index (χ0) is 19.3. The number of ether oxygens (including phenoxy) is 1. The van der Waals surface area contributed by atoms with Crippen molar-refractivity contribution in [3.63, 3.8) is 0 Å². The lowest BCUT2D eigenvalue weighted by molar-refractivity contribution is -0.123. The topological polar surface area (TPSA) is 83.1 Å². The first-order chi connectivity index (χ1) is 13.7. The second-order valence-corrected chi connectivity index (χ2v) is 6.51. The number of aromatic amines is 1. The number of hydrogen-bond acceptors (Lipinski definition) is 5. The minimum Gasteiger partial charge on any atom is -0.379 e. The Morgan fingerprint density at radius 1 is 1.18 bits per heavy atom. The number of morpholine rings is 1. The van der Waals surface area contributed by atoms with E-state index in [-0.39, 0.29) is 11.7 Å². The molecule has 0 saturated carbocycles. The van der Waals surface area contributed by atoms with Gasteiger partial charge in [-0.05, 0) is 29.8 Å². The summed E-state index contributed by atoms with van der Waals surface area (Å²) < 4.78 is 18.8. The Kier molecular flexibility index (Phi) is 5.41. The predicted octanol–water partition coefficient (Wildman–Crippen LogP) is 2.62. The lowest BCUT2D eigenvalue weighted by atomic mass is 10.0. The summed E-state index contributed by atoms with van der Waals surface area (Å²) in [4.78, 5) is 19.4. The zero-order valence-electron chi connectivity index (χ0n) is 15.1. The van der Waals surface area contributed by atoms with Gasteiger partial charge in [0.15, 0.2) is 5.82 Å². The van der Waals surface area contributed by atoms with Gasteiger partial charge in [0.1, 0.15) is 18.2 Å². The van der Waals surface area contributed by atoms with Crippen LogP contribution in [0, 0.1) is 5.82 Å². The number of halogens is 1. The van der Waals surface area contributed by atoms with Crippen LogP contribution in [0.3, 0.4) is 0 Å². The number of benzene rings is 2. The summed E-state index contributed by atoms with van der Waals surface area (Å²) in [6.45, 7) is 2.39. The highest BCUT2D eigenvalue weighted by molar-refractivity contribution is 5.96. The van der Waals surface area contributed by atoms with E-state index in [0.29, 0.717) is 37.8 Å². The number of nitrogens with zero attached hydrogens (tertiary/aromatic N) is 3. The van der Waals surface area contributed by atoms with Crippen LogP contribution >= 0.6 is 0 Å². The molecule has 1 aromatic heterocycles. The largest absolute Gasteiger partial charge is 0.379 e. The van der Waals surface area contributed by atoms with Gasteiger partial charge in [0.2, 0.25) is 5.91 Å². The summed E-state index contributed by atoms with van der Waals surface area (Å²) in [6, 6.07) is 12.9. The molecule has 8 heteroatoms. The predicted molar refractivity (Wildman–Crippen MR) is 102 cm³/mol. The van der Waals surface area contributed by atoms with Crippen molar-refractivity contribution in [2.24, 2.45) is 0 Å². The van der Waals surface area contributed by atoms with Gasteiger partial charge in [-0.15, -0.1) is 0 Å². The van der Waals surface area contributed by atoms with Crippen LogP contribution < -0.4 is 5.32 Å². The molecule has 1 aliphatic rings. The van der Waals surface area contributed by atoms with Crippen LogP contribution in [0.5, 0.6) is 0 Å². The molecular formula is C20H20FN5O2. The second kappa shape index (κ2) is 8.28. The number of hydrogen-bond donors (Lipinski definition) is 2. The monoisotopic (exact) mass is 381 g/mol. The maximum atomic E-state index is 13.4. The van der Waals surface area contributed by atoms with Crippen LogP contribution in [-0.2, 0) is 9.53 Å². The highest BCUT2D eigenvalue weighted by Gasteiger charge is 2.29. The van der Waals surface area contributed by atoms with Crippen molar-refractivity contribution in [2.75, 3.05) is 31.6 Å². The van der Waals surface area contributed by atoms with Crippen LogP contribution in [0.2, 0.25) is 0 Å². The molecule has 1 fully saturated rings. The first kappa shape index (κ1) is 18.3. The molecular weight excluding hydrogens is 361 g/mol. The van der Waals surface area contributed by atoms with Crippen molar-refractivity contribution in [2.45, 2.75) is 6.04 Å². The maximum Gasteiger partial charge on any atom is 0.246 e. The van der Waals surface area contributed by atoms with Gasteiger partial charge in [0.05, 0.1) is 13.2 Å². The maximum absolute atomic E-state index is 13.4. The first-order valence-corrected chi connectivity index (χ1v) is 9.04. The SMILES string of the molecule is O=C(Nc1cccc(-c2ncn[nH]2)c1)[C@H](c1ccc(F)cc1)N1CCOCC1. The Hall–Kier alpha value is -3.10. The lowest BCUT2D eigenvalue weighted by Gasteiger charge is -2.33. The average Bonchev–Trinajstić information content (AvgIpc) is 3.26. The van der Waals surface area contributed by atoms with Crippen LogP contribution in [0.1, 0.15) is 11.6 Å². The van der Waals surface area contributed by atoms with E-state index in [1.54, 1.807) is 12.1 Å². The van der Waals surface area contributed by atoms with E-state index in [1.165, 1.54) is 18.5 Å². The summed E-state index contributed by atoms with van der Waals surface area (Å²) in [5.41, 5.74) is 2.21. The molecule has 0 spiro atoms. The molecule has 7 nitrogen and oxygen atoms in total. The molecule has 4 rings (SSSR count). The van der Waals surface area contributed by atoms with E-state index < -0.39 is 6.04 Å². The minimum atomic E-state index is -0.529. The van der Waals surface area contributed by atoms with Crippen LogP contribution in [0.4, 0.5) is 10.1 Å². The molecule has 2 aromatic carbocycles. The molecule has 28 heavy (non-hydrogen) atoms. The van der Waals surface area contributed by atoms with Crippen molar-refractivity contribution >= 4 is 11.6 Å². The van der Waals surface area contributed by atoms with Crippen LogP contribution in [0.25, 0.3) is 11.4 Å². The normalized spacial score (nSPS) is 15.9. The lowest BCUT2D eigenvalue weighted by Crippen LogP contribution is -2.43. The van der Waals surface area contributed by atoms with Crippen molar-refractivity contribution in [1.82, 2.24) is 20.1 Å². The van der Waals surface area contributed by atoms with Crippen molar-refractivity contribution < 1.29 is 13.9 Å². The average molecular weight is 381 g/mol. The molecule has 0 bridgehead atoms. The third-order valence-corrected chi connectivity index (χ3v) is 4.66. The Morgan fingerprint density at radius 2 is 1.96 bits per heavy atom. The van der Waals surface area contributed by atoms with Crippen LogP contribution in [0.15, 0.2) is 54.9 Å². The summed E-state index contributed by atoms with van der Waals surface area (Å²) in [6.07, 6.45) is 1.43. The fourth-order valence-corrected chi connectivity index (χ4v) is 3.31. The number of amides is 1. The Labute approximate surface area is 161 Å². The number of aromatic nitrogens is 3. The van der Waals surface area contributed by atoms with Crippen molar-refractivity contribution in [3.05, 3.63) is 66.2 Å². The third-order valence-electron chi connectivity index (χ3n) is 4.66. The van der Waals surface area contributed by atoms with Gasteiger partial charge in [-0.1, -0.05) is 24.3 Å². The number of carbonyl (C=O) groups is 1. The molecule has 0 aliphatic carbocycles. The Morgan fingerprint density at radius 3 is 2.68 bits per heavy atom. The Bertz CT molecular complexity index is 924. The highest BCUT2D eigenvalue weighted by Crippen LogP contribution is 2.25. The van der Waals surface area contributed by atoms with E-state index in [0.717, 1.165) is 11.1 Å². The summed E-state index contributed by atoms with van der Waals surface area (Å²) >= 11 is 0. The molecule has 0 unspecified atom stereocenters. The third kappa shape index (κ3) is 4.08. The fourth-order valence-electron chi connectivity index (χ4n) is 3.31. The summed E-state index contributed by atoms with van der Waals surface area (Å²) in [5.74, 6) is 0.118. The van der Waals surface area contributed by atoms with E-state index in [4.69, 9.17) is 4.74 Å². The fraction of sp³-hybridized carbons (Fsp3) is 0.250.